The highest BCUT2D eigenvalue weighted by atomic mass is 16.2. The molecule has 0 radical (unpaired) electrons. The van der Waals surface area contributed by atoms with E-state index >= 15 is 0 Å². The second-order valence-corrected chi connectivity index (χ2v) is 9.07. The van der Waals surface area contributed by atoms with E-state index in [0.717, 1.165) is 45.6 Å². The van der Waals surface area contributed by atoms with Gasteiger partial charge in [0.05, 0.1) is 6.04 Å². The first-order chi connectivity index (χ1) is 14.0. The summed E-state index contributed by atoms with van der Waals surface area (Å²) in [5.41, 5.74) is 3.87. The third-order valence-electron chi connectivity index (χ3n) is 6.36. The number of hydrogen-bond donors (Lipinski definition) is 1. The van der Waals surface area contributed by atoms with Crippen molar-refractivity contribution < 1.29 is 4.79 Å². The van der Waals surface area contributed by atoms with Gasteiger partial charge in [0, 0.05) is 55.9 Å². The minimum atomic E-state index is -0.169. The normalized spacial score (nSPS) is 22.8. The third kappa shape index (κ3) is 3.99. The fraction of sp³-hybridized carbons (Fsp3) is 0.542. The fourth-order valence-electron chi connectivity index (χ4n) is 4.89. The number of benzene rings is 1. The van der Waals surface area contributed by atoms with Crippen LogP contribution in [0.15, 0.2) is 37.1 Å². The molecule has 0 aliphatic carbocycles. The molecule has 1 aromatic carbocycles. The highest BCUT2D eigenvalue weighted by molar-refractivity contribution is 5.90. The Morgan fingerprint density at radius 3 is 2.72 bits per heavy atom. The lowest BCUT2D eigenvalue weighted by atomic mass is 9.94. The van der Waals surface area contributed by atoms with Crippen molar-refractivity contribution in [2.45, 2.75) is 45.3 Å². The number of nitrogens with one attached hydrogen (secondary N) is 1. The van der Waals surface area contributed by atoms with Gasteiger partial charge in [-0.3, -0.25) is 10.1 Å². The Balaban J connectivity index is 1.72. The van der Waals surface area contributed by atoms with Gasteiger partial charge < -0.3 is 14.4 Å². The van der Waals surface area contributed by atoms with Crippen molar-refractivity contribution in [1.29, 1.82) is 0 Å². The van der Waals surface area contributed by atoms with Gasteiger partial charge >= 0.3 is 0 Å². The SMILES string of the molecule is C=CCn1cc2c3c(cccc31)C(CC(C)C)NC(C(=O)N1CCN(C)CC1)C2. The molecular weight excluding hydrogens is 360 g/mol. The lowest BCUT2D eigenvalue weighted by Gasteiger charge is -2.35. The van der Waals surface area contributed by atoms with E-state index in [9.17, 15) is 4.79 Å². The average Bonchev–Trinajstić information content (AvgIpc) is 2.96. The first kappa shape index (κ1) is 20.2. The molecule has 2 aliphatic rings. The summed E-state index contributed by atoms with van der Waals surface area (Å²) in [6.45, 7) is 12.8. The minimum Gasteiger partial charge on any atom is -0.343 e. The number of aromatic nitrogens is 1. The van der Waals surface area contributed by atoms with Crippen molar-refractivity contribution in [2.75, 3.05) is 33.2 Å². The molecule has 1 aromatic heterocycles. The van der Waals surface area contributed by atoms with Gasteiger partial charge in [0.15, 0.2) is 0 Å². The molecule has 5 nitrogen and oxygen atoms in total. The predicted octanol–water partition coefficient (Wildman–Crippen LogP) is 3.20. The van der Waals surface area contributed by atoms with Crippen molar-refractivity contribution in [3.8, 4) is 0 Å². The van der Waals surface area contributed by atoms with E-state index in [1.807, 2.05) is 6.08 Å². The summed E-state index contributed by atoms with van der Waals surface area (Å²) in [6, 6.07) is 6.62. The monoisotopic (exact) mass is 394 g/mol. The first-order valence-corrected chi connectivity index (χ1v) is 10.9. The molecule has 4 rings (SSSR count). The van der Waals surface area contributed by atoms with Crippen molar-refractivity contribution >= 4 is 16.8 Å². The standard InChI is InChI=1S/C24H34N4O/c1-5-9-28-16-18-15-21(24(29)27-12-10-26(4)11-13-27)25-20(14-17(2)3)19-7-6-8-22(28)23(18)19/h5-8,16-17,20-21,25H,1,9-15H2,2-4H3. The van der Waals surface area contributed by atoms with E-state index in [1.165, 1.54) is 22.0 Å². The molecule has 29 heavy (non-hydrogen) atoms. The van der Waals surface area contributed by atoms with Crippen molar-refractivity contribution in [3.05, 3.63) is 48.2 Å². The van der Waals surface area contributed by atoms with Gasteiger partial charge in [-0.25, -0.2) is 0 Å². The van der Waals surface area contributed by atoms with Crippen LogP contribution in [0.3, 0.4) is 0 Å². The fourth-order valence-corrected chi connectivity index (χ4v) is 4.89. The van der Waals surface area contributed by atoms with E-state index in [4.69, 9.17) is 0 Å². The number of piperazine rings is 1. The zero-order valence-electron chi connectivity index (χ0n) is 18.0. The summed E-state index contributed by atoms with van der Waals surface area (Å²) >= 11 is 0. The van der Waals surface area contributed by atoms with Crippen LogP contribution >= 0.6 is 0 Å². The molecular formula is C24H34N4O. The Morgan fingerprint density at radius 2 is 2.03 bits per heavy atom. The Kier molecular flexibility index (Phi) is 5.79. The van der Waals surface area contributed by atoms with Crippen LogP contribution in [-0.2, 0) is 17.8 Å². The first-order valence-electron chi connectivity index (χ1n) is 10.9. The summed E-state index contributed by atoms with van der Waals surface area (Å²) in [5, 5.41) is 5.10. The molecule has 5 heteroatoms. The van der Waals surface area contributed by atoms with Gasteiger partial charge in [0.1, 0.15) is 0 Å². The Bertz CT molecular complexity index is 892. The number of allylic oxidation sites excluding steroid dienone is 1. The van der Waals surface area contributed by atoms with Crippen molar-refractivity contribution in [3.63, 3.8) is 0 Å². The second kappa shape index (κ2) is 8.33. The van der Waals surface area contributed by atoms with E-state index in [0.29, 0.717) is 5.92 Å². The summed E-state index contributed by atoms with van der Waals surface area (Å²) < 4.78 is 2.27. The zero-order chi connectivity index (χ0) is 20.5. The number of likely N-dealkylation sites (N-methyl/N-ethyl adjacent to an activating group) is 1. The quantitative estimate of drug-likeness (QED) is 0.792. The van der Waals surface area contributed by atoms with Gasteiger partial charge in [-0.05, 0) is 43.0 Å². The Morgan fingerprint density at radius 1 is 1.28 bits per heavy atom. The Hall–Kier alpha value is -2.11. The number of amides is 1. The number of carbonyl (C=O) groups excluding carboxylic acids is 1. The van der Waals surface area contributed by atoms with Crippen LogP contribution in [0.25, 0.3) is 10.9 Å². The van der Waals surface area contributed by atoms with E-state index in [-0.39, 0.29) is 18.0 Å². The third-order valence-corrected chi connectivity index (χ3v) is 6.36. The Labute approximate surface area is 174 Å². The van der Waals surface area contributed by atoms with E-state index in [2.05, 4.69) is 71.6 Å². The maximum Gasteiger partial charge on any atom is 0.240 e. The zero-order valence-corrected chi connectivity index (χ0v) is 18.0. The van der Waals surface area contributed by atoms with Crippen LogP contribution in [0.1, 0.15) is 37.4 Å². The number of rotatable bonds is 5. The van der Waals surface area contributed by atoms with Gasteiger partial charge in [-0.15, -0.1) is 6.58 Å². The molecule has 3 heterocycles. The molecule has 2 aliphatic heterocycles. The number of nitrogens with zero attached hydrogens (tertiary/aromatic N) is 3. The molecule has 0 saturated carbocycles. The molecule has 1 N–H and O–H groups in total. The van der Waals surface area contributed by atoms with Crippen LogP contribution in [0.2, 0.25) is 0 Å². The molecule has 1 fully saturated rings. The van der Waals surface area contributed by atoms with Crippen LogP contribution in [0.4, 0.5) is 0 Å². The van der Waals surface area contributed by atoms with Crippen molar-refractivity contribution in [2.24, 2.45) is 5.92 Å². The predicted molar refractivity (Wildman–Crippen MR) is 119 cm³/mol. The minimum absolute atomic E-state index is 0.169. The van der Waals surface area contributed by atoms with Crippen LogP contribution in [-0.4, -0.2) is 59.5 Å². The number of carbonyl (C=O) groups is 1. The molecule has 1 saturated heterocycles. The molecule has 2 aromatic rings. The van der Waals surface area contributed by atoms with E-state index < -0.39 is 0 Å². The van der Waals surface area contributed by atoms with Crippen LogP contribution < -0.4 is 5.32 Å². The van der Waals surface area contributed by atoms with Crippen LogP contribution in [0.5, 0.6) is 0 Å². The summed E-state index contributed by atoms with van der Waals surface area (Å²) in [7, 11) is 2.13. The lowest BCUT2D eigenvalue weighted by Crippen LogP contribution is -2.54. The van der Waals surface area contributed by atoms with Gasteiger partial charge in [-0.1, -0.05) is 32.1 Å². The molecule has 0 spiro atoms. The summed E-state index contributed by atoms with van der Waals surface area (Å²) in [5.74, 6) is 0.809. The highest BCUT2D eigenvalue weighted by Gasteiger charge is 2.33. The summed E-state index contributed by atoms with van der Waals surface area (Å²) in [6.07, 6.45) is 5.95. The lowest BCUT2D eigenvalue weighted by molar-refractivity contribution is -0.135. The molecule has 2 atom stereocenters. The second-order valence-electron chi connectivity index (χ2n) is 9.07. The maximum atomic E-state index is 13.5. The van der Waals surface area contributed by atoms with Gasteiger partial charge in [0.25, 0.3) is 0 Å². The molecule has 156 valence electrons. The molecule has 1 amide bonds. The largest absolute Gasteiger partial charge is 0.343 e. The maximum absolute atomic E-state index is 13.5. The summed E-state index contributed by atoms with van der Waals surface area (Å²) in [4.78, 5) is 17.8. The van der Waals surface area contributed by atoms with E-state index in [1.54, 1.807) is 0 Å². The smallest absolute Gasteiger partial charge is 0.240 e. The average molecular weight is 395 g/mol. The topological polar surface area (TPSA) is 40.5 Å². The van der Waals surface area contributed by atoms with Gasteiger partial charge in [0.2, 0.25) is 5.91 Å². The number of hydrogen-bond acceptors (Lipinski definition) is 3. The van der Waals surface area contributed by atoms with Crippen LogP contribution in [0, 0.1) is 5.92 Å². The van der Waals surface area contributed by atoms with Crippen molar-refractivity contribution in [1.82, 2.24) is 19.7 Å². The highest BCUT2D eigenvalue weighted by Crippen LogP contribution is 2.36. The molecule has 2 unspecified atom stereocenters. The molecule has 0 bridgehead atoms. The van der Waals surface area contributed by atoms with Gasteiger partial charge in [-0.2, -0.15) is 0 Å².